The van der Waals surface area contributed by atoms with Crippen LogP contribution in [0.5, 0.6) is 0 Å². The lowest BCUT2D eigenvalue weighted by atomic mass is 10.2. The summed E-state index contributed by atoms with van der Waals surface area (Å²) in [7, 11) is 0. The number of nitrogens with two attached hydrogens (primary N) is 1. The van der Waals surface area contributed by atoms with E-state index in [4.69, 9.17) is 5.73 Å². The van der Waals surface area contributed by atoms with Gasteiger partial charge in [0.15, 0.2) is 0 Å². The first-order valence-corrected chi connectivity index (χ1v) is 4.36. The molecular weight excluding hydrogens is 146 g/mol. The fourth-order valence-electron chi connectivity index (χ4n) is 0.144. The first kappa shape index (κ1) is 17.2. The van der Waals surface area contributed by atoms with Crippen molar-refractivity contribution in [2.45, 2.75) is 34.1 Å². The van der Waals surface area contributed by atoms with Crippen LogP contribution < -0.4 is 5.73 Å². The van der Waals surface area contributed by atoms with Crippen molar-refractivity contribution in [2.75, 3.05) is 0 Å². The minimum Gasteiger partial charge on any atom is -0.405 e. The Morgan fingerprint density at radius 1 is 1.42 bits per heavy atom. The Balaban J connectivity index is -0.000000118. The molecule has 0 radical (unpaired) electrons. The largest absolute Gasteiger partial charge is 0.405 e. The van der Waals surface area contributed by atoms with Crippen molar-refractivity contribution in [3.05, 3.63) is 37.1 Å². The van der Waals surface area contributed by atoms with E-state index in [0.29, 0.717) is 0 Å². The molecule has 1 heteroatoms. The second-order valence-corrected chi connectivity index (χ2v) is 1.74. The van der Waals surface area contributed by atoms with Gasteiger partial charge in [0, 0.05) is 0 Å². The molecule has 0 aromatic rings. The summed E-state index contributed by atoms with van der Waals surface area (Å²) in [6.07, 6.45) is 6.07. The van der Waals surface area contributed by atoms with Gasteiger partial charge in [0.1, 0.15) is 0 Å². The second kappa shape index (κ2) is 22.5. The summed E-state index contributed by atoms with van der Waals surface area (Å²) in [6, 6.07) is 0. The lowest BCUT2D eigenvalue weighted by molar-refractivity contribution is 1.16. The highest BCUT2D eigenvalue weighted by Crippen LogP contribution is 1.93. The molecule has 0 heterocycles. The molecule has 0 atom stereocenters. The number of hydrogen-bond acceptors (Lipinski definition) is 1. The zero-order chi connectivity index (χ0) is 10.4. The molecule has 0 fully saturated rings. The van der Waals surface area contributed by atoms with Gasteiger partial charge >= 0.3 is 0 Å². The maximum atomic E-state index is 4.85. The SMILES string of the molecule is C/C=C/N.C=CC(=C)CC.CC. The molecule has 72 valence electrons. The van der Waals surface area contributed by atoms with E-state index in [9.17, 15) is 0 Å². The molecule has 0 saturated heterocycles. The lowest BCUT2D eigenvalue weighted by Crippen LogP contribution is -1.70. The molecule has 0 spiro atoms. The molecule has 0 amide bonds. The summed E-state index contributed by atoms with van der Waals surface area (Å²) in [6.45, 7) is 15.1. The van der Waals surface area contributed by atoms with Gasteiger partial charge in [-0.05, 0) is 19.5 Å². The monoisotopic (exact) mass is 169 g/mol. The van der Waals surface area contributed by atoms with Crippen LogP contribution in [0.1, 0.15) is 34.1 Å². The summed E-state index contributed by atoms with van der Waals surface area (Å²) in [5, 5.41) is 0. The summed E-state index contributed by atoms with van der Waals surface area (Å²) in [4.78, 5) is 0. The smallest absolute Gasteiger partial charge is 0.0106 e. The summed E-state index contributed by atoms with van der Waals surface area (Å²) in [5.74, 6) is 0. The Labute approximate surface area is 77.7 Å². The van der Waals surface area contributed by atoms with Crippen LogP contribution in [0.2, 0.25) is 0 Å². The van der Waals surface area contributed by atoms with Gasteiger partial charge in [0.05, 0.1) is 0 Å². The predicted molar refractivity (Wildman–Crippen MR) is 60.0 cm³/mol. The van der Waals surface area contributed by atoms with Crippen LogP contribution in [0, 0.1) is 0 Å². The third kappa shape index (κ3) is 35.9. The van der Waals surface area contributed by atoms with Gasteiger partial charge in [-0.15, -0.1) is 0 Å². The summed E-state index contributed by atoms with van der Waals surface area (Å²) in [5.41, 5.74) is 5.95. The molecule has 0 unspecified atom stereocenters. The van der Waals surface area contributed by atoms with Crippen LogP contribution in [0.4, 0.5) is 0 Å². The fourth-order valence-corrected chi connectivity index (χ4v) is 0.144. The number of hydrogen-bond donors (Lipinski definition) is 1. The van der Waals surface area contributed by atoms with Crippen LogP contribution in [-0.2, 0) is 0 Å². The maximum absolute atomic E-state index is 4.85. The highest BCUT2D eigenvalue weighted by atomic mass is 14.5. The third-order valence-electron chi connectivity index (χ3n) is 0.935. The standard InChI is InChI=1S/C6H10.C3H7N.C2H6/c1-4-6(3)5-2;1-2-3-4;1-2/h4H,1,3,5H2,2H3;2-3H,4H2,1H3;1-2H3/b;3-2+;. The maximum Gasteiger partial charge on any atom is -0.0106 e. The fraction of sp³-hybridized carbons (Fsp3) is 0.455. The van der Waals surface area contributed by atoms with Crippen LogP contribution in [0.25, 0.3) is 0 Å². The van der Waals surface area contributed by atoms with Gasteiger partial charge in [-0.1, -0.05) is 51.7 Å². The summed E-state index contributed by atoms with van der Waals surface area (Å²) < 4.78 is 0. The lowest BCUT2D eigenvalue weighted by Gasteiger charge is -1.83. The highest BCUT2D eigenvalue weighted by Gasteiger charge is 1.72. The molecular formula is C11H23N. The first-order valence-electron chi connectivity index (χ1n) is 4.36. The van der Waals surface area contributed by atoms with E-state index in [1.54, 1.807) is 12.2 Å². The topological polar surface area (TPSA) is 26.0 Å². The van der Waals surface area contributed by atoms with Gasteiger partial charge in [-0.25, -0.2) is 0 Å². The van der Waals surface area contributed by atoms with Crippen molar-refractivity contribution in [3.63, 3.8) is 0 Å². The Bertz CT molecular complexity index is 108. The van der Waals surface area contributed by atoms with E-state index in [1.165, 1.54) is 6.20 Å². The normalized spacial score (nSPS) is 7.33. The highest BCUT2D eigenvalue weighted by molar-refractivity contribution is 5.09. The second-order valence-electron chi connectivity index (χ2n) is 1.74. The minimum atomic E-state index is 1.02. The van der Waals surface area contributed by atoms with Crippen molar-refractivity contribution in [2.24, 2.45) is 5.73 Å². The molecule has 0 aliphatic rings. The van der Waals surface area contributed by atoms with Crippen molar-refractivity contribution < 1.29 is 0 Å². The van der Waals surface area contributed by atoms with Crippen molar-refractivity contribution in [1.82, 2.24) is 0 Å². The van der Waals surface area contributed by atoms with Crippen molar-refractivity contribution in [1.29, 1.82) is 0 Å². The summed E-state index contributed by atoms with van der Waals surface area (Å²) >= 11 is 0. The van der Waals surface area contributed by atoms with Crippen LogP contribution >= 0.6 is 0 Å². The van der Waals surface area contributed by atoms with Gasteiger partial charge in [-0.2, -0.15) is 0 Å². The molecule has 0 aromatic heterocycles. The molecule has 12 heavy (non-hydrogen) atoms. The first-order chi connectivity index (χ1) is 5.72. The minimum absolute atomic E-state index is 1.02. The number of allylic oxidation sites excluding steroid dienone is 3. The zero-order valence-electron chi connectivity index (χ0n) is 8.93. The van der Waals surface area contributed by atoms with E-state index in [2.05, 4.69) is 20.1 Å². The molecule has 0 rings (SSSR count). The Hall–Kier alpha value is -0.980. The molecule has 1 nitrogen and oxygen atoms in total. The Morgan fingerprint density at radius 3 is 1.75 bits per heavy atom. The molecule has 2 N–H and O–H groups in total. The van der Waals surface area contributed by atoms with Gasteiger partial charge < -0.3 is 5.73 Å². The Morgan fingerprint density at radius 2 is 1.75 bits per heavy atom. The van der Waals surface area contributed by atoms with Gasteiger partial charge in [-0.3, -0.25) is 0 Å². The molecule has 0 aromatic carbocycles. The van der Waals surface area contributed by atoms with Gasteiger partial charge in [0.25, 0.3) is 0 Å². The van der Waals surface area contributed by atoms with E-state index >= 15 is 0 Å². The Kier molecular flexibility index (Phi) is 32.2. The van der Waals surface area contributed by atoms with Crippen LogP contribution in [0.15, 0.2) is 37.1 Å². The number of rotatable bonds is 2. The molecule has 0 aliphatic heterocycles. The van der Waals surface area contributed by atoms with E-state index in [0.717, 1.165) is 12.0 Å². The van der Waals surface area contributed by atoms with Gasteiger partial charge in [0.2, 0.25) is 0 Å². The quantitative estimate of drug-likeness (QED) is 0.627. The van der Waals surface area contributed by atoms with E-state index in [-0.39, 0.29) is 0 Å². The van der Waals surface area contributed by atoms with Crippen LogP contribution in [-0.4, -0.2) is 0 Å². The average Bonchev–Trinajstić information content (AvgIpc) is 2.20. The van der Waals surface area contributed by atoms with Crippen molar-refractivity contribution in [3.8, 4) is 0 Å². The average molecular weight is 169 g/mol. The predicted octanol–water partition coefficient (Wildman–Crippen LogP) is 3.64. The van der Waals surface area contributed by atoms with E-state index in [1.807, 2.05) is 20.8 Å². The third-order valence-corrected chi connectivity index (χ3v) is 0.935. The molecule has 0 aliphatic carbocycles. The van der Waals surface area contributed by atoms with E-state index < -0.39 is 0 Å². The van der Waals surface area contributed by atoms with Crippen LogP contribution in [0.3, 0.4) is 0 Å². The molecule has 0 saturated carbocycles. The van der Waals surface area contributed by atoms with Crippen molar-refractivity contribution >= 4 is 0 Å². The molecule has 0 bridgehead atoms. The zero-order valence-corrected chi connectivity index (χ0v) is 8.93.